The molecule has 1 aromatic rings. The number of ether oxygens (including phenoxy) is 1. The molecule has 0 saturated carbocycles. The minimum Gasteiger partial charge on any atom is -0.376 e. The maximum absolute atomic E-state index is 5.74. The van der Waals surface area contributed by atoms with Crippen molar-refractivity contribution >= 4 is 11.3 Å². The summed E-state index contributed by atoms with van der Waals surface area (Å²) in [5.41, 5.74) is 0.532. The third-order valence-corrected chi connectivity index (χ3v) is 3.81. The summed E-state index contributed by atoms with van der Waals surface area (Å²) in [5, 5.41) is 3.51. The topological polar surface area (TPSA) is 21.3 Å². The molecule has 110 valence electrons. The highest BCUT2D eigenvalue weighted by atomic mass is 32.1. The number of hydrogen-bond acceptors (Lipinski definition) is 3. The molecule has 0 aliphatic rings. The first-order chi connectivity index (χ1) is 8.66. The van der Waals surface area contributed by atoms with Gasteiger partial charge in [-0.2, -0.15) is 0 Å². The van der Waals surface area contributed by atoms with Crippen molar-refractivity contribution in [1.82, 2.24) is 5.32 Å². The lowest BCUT2D eigenvalue weighted by Crippen LogP contribution is -2.34. The van der Waals surface area contributed by atoms with E-state index in [1.807, 2.05) is 11.3 Å². The van der Waals surface area contributed by atoms with Crippen LogP contribution in [0.3, 0.4) is 0 Å². The number of nitrogens with one attached hydrogen (secondary N) is 1. The maximum atomic E-state index is 5.74. The van der Waals surface area contributed by atoms with E-state index in [2.05, 4.69) is 59.0 Å². The largest absolute Gasteiger partial charge is 0.376 e. The zero-order valence-electron chi connectivity index (χ0n) is 13.3. The van der Waals surface area contributed by atoms with Gasteiger partial charge in [-0.15, -0.1) is 11.3 Å². The second kappa shape index (κ2) is 6.87. The highest BCUT2D eigenvalue weighted by molar-refractivity contribution is 7.11. The minimum atomic E-state index is 0.174. The monoisotopic (exact) mass is 283 g/mol. The number of thiophene rings is 1. The van der Waals surface area contributed by atoms with E-state index in [0.29, 0.717) is 5.41 Å². The molecule has 0 spiro atoms. The van der Waals surface area contributed by atoms with Crippen LogP contribution in [0.1, 0.15) is 57.7 Å². The summed E-state index contributed by atoms with van der Waals surface area (Å²) >= 11 is 1.84. The smallest absolute Gasteiger partial charge is 0.0809 e. The third kappa shape index (κ3) is 8.40. The van der Waals surface area contributed by atoms with Gasteiger partial charge in [-0.25, -0.2) is 0 Å². The van der Waals surface area contributed by atoms with Gasteiger partial charge in [-0.3, -0.25) is 0 Å². The van der Waals surface area contributed by atoms with E-state index in [4.69, 9.17) is 4.74 Å². The molecule has 1 aromatic heterocycles. The second-order valence-electron chi connectivity index (χ2n) is 7.33. The lowest BCUT2D eigenvalue weighted by molar-refractivity contribution is 0.0980. The van der Waals surface area contributed by atoms with Crippen LogP contribution >= 0.6 is 11.3 Å². The van der Waals surface area contributed by atoms with E-state index in [1.54, 1.807) is 0 Å². The van der Waals surface area contributed by atoms with Crippen molar-refractivity contribution in [1.29, 1.82) is 0 Å². The van der Waals surface area contributed by atoms with Crippen LogP contribution in [0.15, 0.2) is 12.1 Å². The SMILES string of the molecule is CC(C)(C)CCOCc1ccc(CNC(C)(C)C)s1. The Labute approximate surface area is 122 Å². The van der Waals surface area contributed by atoms with Crippen molar-refractivity contribution in [2.45, 2.75) is 66.7 Å². The van der Waals surface area contributed by atoms with Gasteiger partial charge in [0.15, 0.2) is 0 Å². The summed E-state index contributed by atoms with van der Waals surface area (Å²) in [7, 11) is 0. The first-order valence-corrected chi connectivity index (χ1v) is 7.88. The van der Waals surface area contributed by atoms with Crippen LogP contribution in [0.4, 0.5) is 0 Å². The van der Waals surface area contributed by atoms with Crippen molar-refractivity contribution in [3.8, 4) is 0 Å². The average molecular weight is 283 g/mol. The van der Waals surface area contributed by atoms with Crippen LogP contribution in [0.25, 0.3) is 0 Å². The zero-order valence-corrected chi connectivity index (χ0v) is 14.1. The van der Waals surface area contributed by atoms with Crippen LogP contribution in [0, 0.1) is 5.41 Å². The molecule has 0 amide bonds. The van der Waals surface area contributed by atoms with E-state index >= 15 is 0 Å². The van der Waals surface area contributed by atoms with E-state index in [1.165, 1.54) is 9.75 Å². The van der Waals surface area contributed by atoms with Crippen molar-refractivity contribution in [3.63, 3.8) is 0 Å². The predicted molar refractivity (Wildman–Crippen MR) is 84.6 cm³/mol. The molecule has 2 nitrogen and oxygen atoms in total. The Morgan fingerprint density at radius 2 is 1.68 bits per heavy atom. The normalized spacial score (nSPS) is 12.9. The van der Waals surface area contributed by atoms with E-state index in [-0.39, 0.29) is 5.54 Å². The van der Waals surface area contributed by atoms with Crippen LogP contribution in [-0.2, 0) is 17.9 Å². The zero-order chi connectivity index (χ0) is 14.5. The average Bonchev–Trinajstić information content (AvgIpc) is 2.67. The Kier molecular flexibility index (Phi) is 6.03. The molecule has 0 saturated heterocycles. The van der Waals surface area contributed by atoms with Gasteiger partial charge in [-0.1, -0.05) is 20.8 Å². The molecular weight excluding hydrogens is 254 g/mol. The van der Waals surface area contributed by atoms with Gasteiger partial charge < -0.3 is 10.1 Å². The Hall–Kier alpha value is -0.380. The Morgan fingerprint density at radius 3 is 2.26 bits per heavy atom. The second-order valence-corrected chi connectivity index (χ2v) is 8.59. The molecule has 3 heteroatoms. The molecule has 0 aromatic carbocycles. The number of rotatable bonds is 6. The Morgan fingerprint density at radius 1 is 1.05 bits per heavy atom. The highest BCUT2D eigenvalue weighted by Gasteiger charge is 2.11. The van der Waals surface area contributed by atoms with Crippen molar-refractivity contribution in [2.24, 2.45) is 5.41 Å². The number of hydrogen-bond donors (Lipinski definition) is 1. The van der Waals surface area contributed by atoms with E-state index in [9.17, 15) is 0 Å². The highest BCUT2D eigenvalue weighted by Crippen LogP contribution is 2.20. The van der Waals surface area contributed by atoms with Gasteiger partial charge in [0.1, 0.15) is 0 Å². The van der Waals surface area contributed by atoms with Crippen molar-refractivity contribution in [2.75, 3.05) is 6.61 Å². The van der Waals surface area contributed by atoms with Gasteiger partial charge in [0.2, 0.25) is 0 Å². The fraction of sp³-hybridized carbons (Fsp3) is 0.750. The van der Waals surface area contributed by atoms with Crippen LogP contribution in [0.5, 0.6) is 0 Å². The first-order valence-electron chi connectivity index (χ1n) is 7.06. The van der Waals surface area contributed by atoms with Crippen molar-refractivity contribution in [3.05, 3.63) is 21.9 Å². The summed E-state index contributed by atoms with van der Waals surface area (Å²) in [6, 6.07) is 4.38. The summed E-state index contributed by atoms with van der Waals surface area (Å²) < 4.78 is 5.74. The molecule has 1 rings (SSSR count). The molecule has 0 atom stereocenters. The minimum absolute atomic E-state index is 0.174. The van der Waals surface area contributed by atoms with Gasteiger partial charge in [0.05, 0.1) is 6.61 Å². The molecule has 0 aliphatic heterocycles. The summed E-state index contributed by atoms with van der Waals surface area (Å²) in [5.74, 6) is 0. The van der Waals surface area contributed by atoms with E-state index in [0.717, 1.165) is 26.2 Å². The van der Waals surface area contributed by atoms with Gasteiger partial charge >= 0.3 is 0 Å². The predicted octanol–water partition coefficient (Wildman–Crippen LogP) is 4.59. The van der Waals surface area contributed by atoms with E-state index < -0.39 is 0 Å². The molecule has 0 unspecified atom stereocenters. The summed E-state index contributed by atoms with van der Waals surface area (Å²) in [6.45, 7) is 15.8. The lowest BCUT2D eigenvalue weighted by atomic mass is 9.93. The van der Waals surface area contributed by atoms with Gasteiger partial charge in [-0.05, 0) is 44.7 Å². The Balaban J connectivity index is 2.27. The van der Waals surface area contributed by atoms with Gasteiger partial charge in [0, 0.05) is 28.4 Å². The Bertz CT molecular complexity index is 371. The quantitative estimate of drug-likeness (QED) is 0.771. The van der Waals surface area contributed by atoms with Gasteiger partial charge in [0.25, 0.3) is 0 Å². The molecule has 0 fully saturated rings. The molecule has 1 heterocycles. The molecule has 0 aliphatic carbocycles. The molecule has 0 radical (unpaired) electrons. The maximum Gasteiger partial charge on any atom is 0.0809 e. The van der Waals surface area contributed by atoms with Crippen LogP contribution < -0.4 is 5.32 Å². The summed E-state index contributed by atoms with van der Waals surface area (Å²) in [4.78, 5) is 2.70. The lowest BCUT2D eigenvalue weighted by Gasteiger charge is -2.19. The fourth-order valence-corrected chi connectivity index (χ4v) is 2.39. The van der Waals surface area contributed by atoms with Crippen molar-refractivity contribution < 1.29 is 4.74 Å². The molecule has 1 N–H and O–H groups in total. The van der Waals surface area contributed by atoms with Crippen LogP contribution in [-0.4, -0.2) is 12.1 Å². The fourth-order valence-electron chi connectivity index (χ4n) is 1.50. The standard InChI is InChI=1S/C16H29NOS/c1-15(2,3)9-10-18-12-14-8-7-13(19-14)11-17-16(4,5)6/h7-8,17H,9-12H2,1-6H3. The molecule has 19 heavy (non-hydrogen) atoms. The van der Waals surface area contributed by atoms with Crippen LogP contribution in [0.2, 0.25) is 0 Å². The summed E-state index contributed by atoms with van der Waals surface area (Å²) in [6.07, 6.45) is 1.11. The first kappa shape index (κ1) is 16.7. The molecular formula is C16H29NOS. The molecule has 0 bridgehead atoms. The third-order valence-electron chi connectivity index (χ3n) is 2.75.